The van der Waals surface area contributed by atoms with Crippen LogP contribution in [0.25, 0.3) is 11.3 Å². The molecule has 0 spiro atoms. The molecule has 0 atom stereocenters. The molecule has 0 radical (unpaired) electrons. The maximum Gasteiger partial charge on any atom is 0.325 e. The number of carbonyl (C=O) groups is 1. The summed E-state index contributed by atoms with van der Waals surface area (Å²) in [7, 11) is 0. The molecule has 2 amide bonds. The zero-order chi connectivity index (χ0) is 18.7. The summed E-state index contributed by atoms with van der Waals surface area (Å²) < 4.78 is 0. The lowest BCUT2D eigenvalue weighted by atomic mass is 10.1. The van der Waals surface area contributed by atoms with Crippen LogP contribution in [0, 0.1) is 10.1 Å². The van der Waals surface area contributed by atoms with Crippen molar-refractivity contribution in [3.63, 3.8) is 0 Å². The van der Waals surface area contributed by atoms with Crippen LogP contribution in [0.2, 0.25) is 10.0 Å². The van der Waals surface area contributed by atoms with Crippen LogP contribution in [0.3, 0.4) is 0 Å². The first-order valence-electron chi connectivity index (χ1n) is 7.16. The van der Waals surface area contributed by atoms with Crippen molar-refractivity contribution in [3.05, 3.63) is 68.0 Å². The van der Waals surface area contributed by atoms with E-state index in [9.17, 15) is 14.9 Å². The number of thiazole rings is 1. The second-order valence-corrected chi connectivity index (χ2v) is 6.72. The smallest absolute Gasteiger partial charge is 0.308 e. The van der Waals surface area contributed by atoms with Crippen LogP contribution >= 0.6 is 34.5 Å². The van der Waals surface area contributed by atoms with Crippen molar-refractivity contribution in [2.45, 2.75) is 0 Å². The number of anilines is 2. The number of halogens is 2. The molecule has 3 aromatic rings. The number of nitro benzene ring substituents is 1. The summed E-state index contributed by atoms with van der Waals surface area (Å²) in [6.07, 6.45) is 0. The number of nitro groups is 1. The van der Waals surface area contributed by atoms with Gasteiger partial charge in [-0.2, -0.15) is 0 Å². The van der Waals surface area contributed by atoms with E-state index in [2.05, 4.69) is 15.6 Å². The second-order valence-electron chi connectivity index (χ2n) is 5.05. The first kappa shape index (κ1) is 18.1. The molecule has 0 aliphatic heterocycles. The van der Waals surface area contributed by atoms with Gasteiger partial charge in [-0.3, -0.25) is 15.4 Å². The summed E-state index contributed by atoms with van der Waals surface area (Å²) in [5, 5.41) is 18.8. The van der Waals surface area contributed by atoms with Crippen LogP contribution in [-0.2, 0) is 0 Å². The van der Waals surface area contributed by atoms with E-state index in [-0.39, 0.29) is 5.69 Å². The SMILES string of the molecule is O=C(Nc1ccc(Cl)c(Cl)c1)Nc1nc(-c2ccc([N+](=O)[O-])cc2)cs1. The van der Waals surface area contributed by atoms with Gasteiger partial charge in [-0.25, -0.2) is 9.78 Å². The first-order chi connectivity index (χ1) is 12.4. The number of nitrogens with zero attached hydrogens (tertiary/aromatic N) is 2. The Morgan fingerprint density at radius 1 is 1.08 bits per heavy atom. The Morgan fingerprint density at radius 2 is 1.81 bits per heavy atom. The van der Waals surface area contributed by atoms with Crippen LogP contribution in [0.15, 0.2) is 47.8 Å². The van der Waals surface area contributed by atoms with E-state index in [4.69, 9.17) is 23.2 Å². The quantitative estimate of drug-likeness (QED) is 0.429. The van der Waals surface area contributed by atoms with Crippen molar-refractivity contribution in [1.82, 2.24) is 4.98 Å². The number of non-ortho nitro benzene ring substituents is 1. The van der Waals surface area contributed by atoms with Crippen molar-refractivity contribution >= 4 is 57.1 Å². The molecular weight excluding hydrogens is 399 g/mol. The fraction of sp³-hybridized carbons (Fsp3) is 0. The van der Waals surface area contributed by atoms with Gasteiger partial charge < -0.3 is 5.32 Å². The number of hydrogen-bond donors (Lipinski definition) is 2. The Morgan fingerprint density at radius 3 is 2.46 bits per heavy atom. The molecule has 0 aliphatic rings. The van der Waals surface area contributed by atoms with Crippen LogP contribution in [0.5, 0.6) is 0 Å². The fourth-order valence-corrected chi connectivity index (χ4v) is 3.06. The standard InChI is InChI=1S/C16H10Cl2N4O3S/c17-12-6-3-10(7-13(12)18)19-15(23)21-16-20-14(8-26-16)9-1-4-11(5-2-9)22(24)25/h1-8H,(H2,19,20,21,23). The van der Waals surface area contributed by atoms with Crippen molar-refractivity contribution in [1.29, 1.82) is 0 Å². The van der Waals surface area contributed by atoms with Crippen molar-refractivity contribution < 1.29 is 9.72 Å². The highest BCUT2D eigenvalue weighted by atomic mass is 35.5. The largest absolute Gasteiger partial charge is 0.325 e. The molecule has 3 rings (SSSR count). The lowest BCUT2D eigenvalue weighted by Crippen LogP contribution is -2.19. The molecule has 1 aromatic heterocycles. The van der Waals surface area contributed by atoms with Gasteiger partial charge in [-0.05, 0) is 30.3 Å². The van der Waals surface area contributed by atoms with Gasteiger partial charge in [-0.1, -0.05) is 23.2 Å². The molecular formula is C16H10Cl2N4O3S. The van der Waals surface area contributed by atoms with Gasteiger partial charge in [0.15, 0.2) is 5.13 Å². The van der Waals surface area contributed by atoms with E-state index >= 15 is 0 Å². The Hall–Kier alpha value is -2.68. The molecule has 10 heteroatoms. The van der Waals surface area contributed by atoms with Crippen LogP contribution in [0.1, 0.15) is 0 Å². The predicted octanol–water partition coefficient (Wildman–Crippen LogP) is 5.67. The maximum absolute atomic E-state index is 12.0. The number of benzene rings is 2. The highest BCUT2D eigenvalue weighted by Crippen LogP contribution is 2.27. The average Bonchev–Trinajstić information content (AvgIpc) is 3.06. The number of urea groups is 1. The monoisotopic (exact) mass is 408 g/mol. The number of aromatic nitrogens is 1. The van der Waals surface area contributed by atoms with Crippen molar-refractivity contribution in [3.8, 4) is 11.3 Å². The molecule has 0 fully saturated rings. The van der Waals surface area contributed by atoms with Gasteiger partial charge in [0, 0.05) is 28.8 Å². The molecule has 132 valence electrons. The Balaban J connectivity index is 1.66. The molecule has 0 unspecified atom stereocenters. The van der Waals surface area contributed by atoms with Crippen molar-refractivity contribution in [2.75, 3.05) is 10.6 Å². The van der Waals surface area contributed by atoms with Gasteiger partial charge in [-0.15, -0.1) is 11.3 Å². The minimum Gasteiger partial charge on any atom is -0.308 e. The summed E-state index contributed by atoms with van der Waals surface area (Å²) in [5.41, 5.74) is 1.81. The van der Waals surface area contributed by atoms with E-state index in [0.29, 0.717) is 32.1 Å². The minimum absolute atomic E-state index is 0.00308. The molecule has 0 saturated heterocycles. The second kappa shape index (κ2) is 7.69. The summed E-state index contributed by atoms with van der Waals surface area (Å²) in [6, 6.07) is 10.3. The number of nitrogens with one attached hydrogen (secondary N) is 2. The molecule has 7 nitrogen and oxygen atoms in total. The fourth-order valence-electron chi connectivity index (χ4n) is 2.05. The average molecular weight is 409 g/mol. The first-order valence-corrected chi connectivity index (χ1v) is 8.79. The van der Waals surface area contributed by atoms with Gasteiger partial charge in [0.1, 0.15) is 0 Å². The molecule has 0 bridgehead atoms. The van der Waals surface area contributed by atoms with Crippen LogP contribution < -0.4 is 10.6 Å². The predicted molar refractivity (Wildman–Crippen MR) is 103 cm³/mol. The molecule has 26 heavy (non-hydrogen) atoms. The summed E-state index contributed by atoms with van der Waals surface area (Å²) in [4.78, 5) is 26.6. The molecule has 0 saturated carbocycles. The van der Waals surface area contributed by atoms with Gasteiger partial charge in [0.2, 0.25) is 0 Å². The topological polar surface area (TPSA) is 97.2 Å². The Bertz CT molecular complexity index is 976. The maximum atomic E-state index is 12.0. The highest BCUT2D eigenvalue weighted by molar-refractivity contribution is 7.14. The summed E-state index contributed by atoms with van der Waals surface area (Å²) in [6.45, 7) is 0. The van der Waals surface area contributed by atoms with Crippen LogP contribution in [0.4, 0.5) is 21.3 Å². The van der Waals surface area contributed by atoms with E-state index < -0.39 is 11.0 Å². The van der Waals surface area contributed by atoms with E-state index in [1.54, 1.807) is 29.6 Å². The highest BCUT2D eigenvalue weighted by Gasteiger charge is 2.10. The third-order valence-electron chi connectivity index (χ3n) is 3.28. The van der Waals surface area contributed by atoms with Crippen molar-refractivity contribution in [2.24, 2.45) is 0 Å². The van der Waals surface area contributed by atoms with Gasteiger partial charge >= 0.3 is 6.03 Å². The lowest BCUT2D eigenvalue weighted by molar-refractivity contribution is -0.384. The third-order valence-corrected chi connectivity index (χ3v) is 4.77. The zero-order valence-electron chi connectivity index (χ0n) is 12.9. The van der Waals surface area contributed by atoms with Gasteiger partial charge in [0.05, 0.1) is 20.7 Å². The Kier molecular flexibility index (Phi) is 5.36. The molecule has 1 heterocycles. The Labute approximate surface area is 161 Å². The van der Waals surface area contributed by atoms with E-state index in [1.165, 1.54) is 29.5 Å². The third kappa shape index (κ3) is 4.29. The van der Waals surface area contributed by atoms with E-state index in [1.807, 2.05) is 0 Å². The number of rotatable bonds is 4. The number of amides is 2. The van der Waals surface area contributed by atoms with Crippen LogP contribution in [-0.4, -0.2) is 15.9 Å². The molecule has 2 aromatic carbocycles. The van der Waals surface area contributed by atoms with Gasteiger partial charge in [0.25, 0.3) is 5.69 Å². The zero-order valence-corrected chi connectivity index (χ0v) is 15.2. The molecule has 2 N–H and O–H groups in total. The number of carbonyl (C=O) groups excluding carboxylic acids is 1. The normalized spacial score (nSPS) is 10.4. The van der Waals surface area contributed by atoms with E-state index in [0.717, 1.165) is 0 Å². The lowest BCUT2D eigenvalue weighted by Gasteiger charge is -2.06. The number of hydrogen-bond acceptors (Lipinski definition) is 5. The summed E-state index contributed by atoms with van der Waals surface area (Å²) in [5.74, 6) is 0. The minimum atomic E-state index is -0.479. The molecule has 0 aliphatic carbocycles. The summed E-state index contributed by atoms with van der Waals surface area (Å²) >= 11 is 13.0.